The number of hydrogen-bond donors (Lipinski definition) is 2. The summed E-state index contributed by atoms with van der Waals surface area (Å²) < 4.78 is 0. The van der Waals surface area contributed by atoms with E-state index in [1.165, 1.54) is 6.42 Å². The number of rotatable bonds is 4. The minimum Gasteiger partial charge on any atom is -0.481 e. The highest BCUT2D eigenvalue weighted by molar-refractivity contribution is 5.97. The number of amides is 2. The minimum absolute atomic E-state index is 0.0557. The van der Waals surface area contributed by atoms with E-state index in [1.54, 1.807) is 12.1 Å². The maximum atomic E-state index is 12.8. The van der Waals surface area contributed by atoms with E-state index in [0.717, 1.165) is 24.9 Å². The van der Waals surface area contributed by atoms with Gasteiger partial charge in [0.25, 0.3) is 5.91 Å². The van der Waals surface area contributed by atoms with Gasteiger partial charge in [0, 0.05) is 29.8 Å². The van der Waals surface area contributed by atoms with Crippen molar-refractivity contribution in [2.24, 2.45) is 11.8 Å². The molecule has 6 heteroatoms. The Morgan fingerprint density at radius 1 is 1.04 bits per heavy atom. The molecule has 152 valence electrons. The Balaban J connectivity index is 1.62. The van der Waals surface area contributed by atoms with Crippen molar-refractivity contribution in [2.45, 2.75) is 64.8 Å². The minimum atomic E-state index is -0.766. The van der Waals surface area contributed by atoms with E-state index in [4.69, 9.17) is 5.11 Å². The van der Waals surface area contributed by atoms with Crippen LogP contribution in [-0.4, -0.2) is 40.4 Å². The van der Waals surface area contributed by atoms with Gasteiger partial charge in [-0.15, -0.1) is 0 Å². The van der Waals surface area contributed by atoms with Gasteiger partial charge in [0.15, 0.2) is 0 Å². The van der Waals surface area contributed by atoms with Gasteiger partial charge >= 0.3 is 5.97 Å². The number of carboxylic acid groups (broad SMARTS) is 1. The lowest BCUT2D eigenvalue weighted by atomic mass is 9.81. The Morgan fingerprint density at radius 2 is 1.71 bits per heavy atom. The van der Waals surface area contributed by atoms with Crippen LogP contribution in [-0.2, 0) is 9.59 Å². The fraction of sp³-hybridized carbons (Fsp3) is 0.591. The first-order valence-corrected chi connectivity index (χ1v) is 10.3. The summed E-state index contributed by atoms with van der Waals surface area (Å²) in [5.41, 5.74) is 2.24. The van der Waals surface area contributed by atoms with Crippen molar-refractivity contribution >= 4 is 23.5 Å². The first-order valence-electron chi connectivity index (χ1n) is 10.3. The molecule has 1 unspecified atom stereocenters. The van der Waals surface area contributed by atoms with Crippen LogP contribution in [0.5, 0.6) is 0 Å². The summed E-state index contributed by atoms with van der Waals surface area (Å²) >= 11 is 0. The van der Waals surface area contributed by atoms with Crippen LogP contribution < -0.4 is 5.32 Å². The zero-order valence-corrected chi connectivity index (χ0v) is 16.7. The molecule has 6 nitrogen and oxygen atoms in total. The number of carboxylic acids is 1. The number of hydrogen-bond acceptors (Lipinski definition) is 3. The predicted octanol–water partition coefficient (Wildman–Crippen LogP) is 3.84. The Hall–Kier alpha value is -2.37. The highest BCUT2D eigenvalue weighted by Crippen LogP contribution is 2.30. The molecular formula is C22H30N2O4. The van der Waals surface area contributed by atoms with Crippen LogP contribution >= 0.6 is 0 Å². The summed E-state index contributed by atoms with van der Waals surface area (Å²) in [5.74, 6) is -1.24. The molecule has 1 saturated carbocycles. The smallest absolute Gasteiger partial charge is 0.306 e. The van der Waals surface area contributed by atoms with Crippen molar-refractivity contribution in [1.29, 1.82) is 0 Å². The van der Waals surface area contributed by atoms with Crippen molar-refractivity contribution < 1.29 is 19.5 Å². The predicted molar refractivity (Wildman–Crippen MR) is 107 cm³/mol. The maximum Gasteiger partial charge on any atom is 0.306 e. The van der Waals surface area contributed by atoms with Crippen LogP contribution in [0.3, 0.4) is 0 Å². The molecule has 1 heterocycles. The van der Waals surface area contributed by atoms with Crippen LogP contribution in [0.2, 0.25) is 0 Å². The summed E-state index contributed by atoms with van der Waals surface area (Å²) in [6, 6.07) is 5.70. The van der Waals surface area contributed by atoms with E-state index in [9.17, 15) is 14.4 Å². The first-order chi connectivity index (χ1) is 13.4. The molecule has 1 aliphatic heterocycles. The lowest BCUT2D eigenvalue weighted by Gasteiger charge is -2.33. The maximum absolute atomic E-state index is 12.8. The number of benzene rings is 1. The van der Waals surface area contributed by atoms with Gasteiger partial charge in [0.2, 0.25) is 5.91 Å². The molecular weight excluding hydrogens is 356 g/mol. The second-order valence-corrected chi connectivity index (χ2v) is 8.25. The molecule has 1 aromatic carbocycles. The molecule has 0 radical (unpaired) electrons. The molecule has 0 aromatic heterocycles. The summed E-state index contributed by atoms with van der Waals surface area (Å²) in [7, 11) is 0. The highest BCUT2D eigenvalue weighted by atomic mass is 16.4. The second kappa shape index (κ2) is 8.76. The van der Waals surface area contributed by atoms with E-state index in [2.05, 4.69) is 12.2 Å². The van der Waals surface area contributed by atoms with Gasteiger partial charge in [-0.1, -0.05) is 0 Å². The Morgan fingerprint density at radius 3 is 2.32 bits per heavy atom. The number of aliphatic carboxylic acids is 1. The number of nitrogens with zero attached hydrogens (tertiary/aromatic N) is 1. The van der Waals surface area contributed by atoms with Crippen LogP contribution in [0.1, 0.15) is 67.8 Å². The highest BCUT2D eigenvalue weighted by Gasteiger charge is 2.30. The third-order valence-corrected chi connectivity index (χ3v) is 6.24. The lowest BCUT2D eigenvalue weighted by molar-refractivity contribution is -0.143. The number of piperidine rings is 1. The Bertz CT molecular complexity index is 753. The number of carbonyl (C=O) groups is 3. The monoisotopic (exact) mass is 386 g/mol. The van der Waals surface area contributed by atoms with E-state index in [1.807, 2.05) is 17.9 Å². The quantitative estimate of drug-likeness (QED) is 0.823. The van der Waals surface area contributed by atoms with Crippen LogP contribution in [0.15, 0.2) is 18.2 Å². The van der Waals surface area contributed by atoms with E-state index < -0.39 is 5.97 Å². The van der Waals surface area contributed by atoms with Gasteiger partial charge in [-0.3, -0.25) is 14.4 Å². The number of likely N-dealkylation sites (tertiary alicyclic amines) is 1. The molecule has 1 aromatic rings. The fourth-order valence-electron chi connectivity index (χ4n) is 4.34. The third-order valence-electron chi connectivity index (χ3n) is 6.24. The molecule has 1 aliphatic carbocycles. The molecule has 3 rings (SSSR count). The van der Waals surface area contributed by atoms with Gasteiger partial charge in [0.1, 0.15) is 0 Å². The molecule has 0 bridgehead atoms. The number of anilines is 1. The van der Waals surface area contributed by atoms with E-state index in [0.29, 0.717) is 36.9 Å². The van der Waals surface area contributed by atoms with Crippen molar-refractivity contribution in [3.63, 3.8) is 0 Å². The number of nitrogens with one attached hydrogen (secondary N) is 1. The zero-order chi connectivity index (χ0) is 20.3. The lowest BCUT2D eigenvalue weighted by Crippen LogP contribution is -2.42. The largest absolute Gasteiger partial charge is 0.481 e. The Labute approximate surface area is 166 Å². The van der Waals surface area contributed by atoms with Crippen LogP contribution in [0.25, 0.3) is 0 Å². The molecule has 2 fully saturated rings. The van der Waals surface area contributed by atoms with Gasteiger partial charge in [-0.25, -0.2) is 0 Å². The summed E-state index contributed by atoms with van der Waals surface area (Å²) in [6.45, 7) is 4.79. The summed E-state index contributed by atoms with van der Waals surface area (Å²) in [6.07, 6.45) is 5.57. The van der Waals surface area contributed by atoms with Crippen LogP contribution in [0, 0.1) is 18.8 Å². The van der Waals surface area contributed by atoms with Crippen molar-refractivity contribution in [3.05, 3.63) is 29.3 Å². The van der Waals surface area contributed by atoms with Gasteiger partial charge in [0.05, 0.1) is 5.92 Å². The van der Waals surface area contributed by atoms with Gasteiger partial charge in [-0.2, -0.15) is 0 Å². The molecule has 1 atom stereocenters. The fourth-order valence-corrected chi connectivity index (χ4v) is 4.34. The molecule has 1 saturated heterocycles. The van der Waals surface area contributed by atoms with Crippen molar-refractivity contribution in [2.75, 3.05) is 11.9 Å². The van der Waals surface area contributed by atoms with E-state index in [-0.39, 0.29) is 29.7 Å². The summed E-state index contributed by atoms with van der Waals surface area (Å²) in [4.78, 5) is 38.4. The Kier molecular flexibility index (Phi) is 6.37. The zero-order valence-electron chi connectivity index (χ0n) is 16.7. The average Bonchev–Trinajstić information content (AvgIpc) is 2.69. The number of aryl methyl sites for hydroxylation is 1. The van der Waals surface area contributed by atoms with Gasteiger partial charge < -0.3 is 15.3 Å². The van der Waals surface area contributed by atoms with Gasteiger partial charge in [-0.05, 0) is 82.6 Å². The topological polar surface area (TPSA) is 86.7 Å². The molecule has 2 aliphatic rings. The van der Waals surface area contributed by atoms with Crippen molar-refractivity contribution in [3.8, 4) is 0 Å². The molecule has 28 heavy (non-hydrogen) atoms. The normalized spacial score (nSPS) is 25.2. The van der Waals surface area contributed by atoms with E-state index >= 15 is 0 Å². The first kappa shape index (κ1) is 20.4. The molecule has 2 amide bonds. The number of carbonyl (C=O) groups excluding carboxylic acids is 2. The SMILES string of the molecule is Cc1cc(C(=O)N2CCCCC2C)ccc1NC(=O)C1CCC(C(=O)O)CC1. The summed E-state index contributed by atoms with van der Waals surface area (Å²) in [5, 5.41) is 12.1. The standard InChI is InChI=1S/C22H30N2O4/c1-14-13-18(21(26)24-12-4-3-5-15(24)2)10-11-19(14)23-20(25)16-6-8-17(9-7-16)22(27)28/h10-11,13,15-17H,3-9,12H2,1-2H3,(H,23,25)(H,27,28). The average molecular weight is 386 g/mol. The van der Waals surface area contributed by atoms with Crippen molar-refractivity contribution in [1.82, 2.24) is 4.90 Å². The second-order valence-electron chi connectivity index (χ2n) is 8.25. The molecule has 2 N–H and O–H groups in total. The third kappa shape index (κ3) is 4.54. The van der Waals surface area contributed by atoms with Crippen LogP contribution in [0.4, 0.5) is 5.69 Å². The molecule has 0 spiro atoms.